The number of nitrogens with one attached hydrogen (secondary N) is 2. The van der Waals surface area contributed by atoms with Crippen molar-refractivity contribution in [1.29, 1.82) is 0 Å². The van der Waals surface area contributed by atoms with E-state index in [1.54, 1.807) is 0 Å². The van der Waals surface area contributed by atoms with Crippen molar-refractivity contribution in [2.24, 2.45) is 0 Å². The molecule has 0 aromatic heterocycles. The van der Waals surface area contributed by atoms with E-state index in [9.17, 15) is 19.3 Å². The first-order valence-electron chi connectivity index (χ1n) is 6.11. The average molecular weight is 283 g/mol. The lowest BCUT2D eigenvalue weighted by Crippen LogP contribution is -2.43. The largest absolute Gasteiger partial charge is 0.378 e. The molecule has 0 spiro atoms. The summed E-state index contributed by atoms with van der Waals surface area (Å²) >= 11 is 0. The molecule has 1 fully saturated rings. The molecule has 1 aliphatic heterocycles. The molecular weight excluding hydrogens is 269 g/mol. The summed E-state index contributed by atoms with van der Waals surface area (Å²) in [4.78, 5) is 21.4. The first-order valence-corrected chi connectivity index (χ1v) is 6.11. The van der Waals surface area contributed by atoms with Gasteiger partial charge in [-0.25, -0.2) is 0 Å². The summed E-state index contributed by atoms with van der Waals surface area (Å²) in [6.07, 6.45) is 0.193. The SMILES string of the molecule is O=C(CC1COCCN1)Nc1ccc([N+](=O)[O-])c(F)c1. The van der Waals surface area contributed by atoms with Crippen molar-refractivity contribution in [3.63, 3.8) is 0 Å². The molecule has 1 aliphatic rings. The fraction of sp³-hybridized carbons (Fsp3) is 0.417. The van der Waals surface area contributed by atoms with E-state index in [1.165, 1.54) is 6.07 Å². The molecule has 1 aromatic rings. The summed E-state index contributed by atoms with van der Waals surface area (Å²) in [7, 11) is 0. The van der Waals surface area contributed by atoms with Gasteiger partial charge < -0.3 is 15.4 Å². The van der Waals surface area contributed by atoms with Gasteiger partial charge in [0.25, 0.3) is 0 Å². The highest BCUT2D eigenvalue weighted by molar-refractivity contribution is 5.91. The van der Waals surface area contributed by atoms with E-state index in [4.69, 9.17) is 4.74 Å². The highest BCUT2D eigenvalue weighted by Crippen LogP contribution is 2.20. The standard InChI is InChI=1S/C12H14FN3O4/c13-10-5-8(1-2-11(10)16(18)19)15-12(17)6-9-7-20-4-3-14-9/h1-2,5,9,14H,3-4,6-7H2,(H,15,17). The van der Waals surface area contributed by atoms with Gasteiger partial charge in [-0.3, -0.25) is 14.9 Å². The molecular formula is C12H14FN3O4. The van der Waals surface area contributed by atoms with Crippen LogP contribution in [-0.4, -0.2) is 36.6 Å². The number of hydrogen-bond donors (Lipinski definition) is 2. The van der Waals surface area contributed by atoms with Gasteiger partial charge >= 0.3 is 5.69 Å². The lowest BCUT2D eigenvalue weighted by atomic mass is 10.2. The van der Waals surface area contributed by atoms with Crippen LogP contribution < -0.4 is 10.6 Å². The first kappa shape index (κ1) is 14.4. The topological polar surface area (TPSA) is 93.5 Å². The quantitative estimate of drug-likeness (QED) is 0.636. The van der Waals surface area contributed by atoms with Crippen LogP contribution >= 0.6 is 0 Å². The molecule has 0 saturated carbocycles. The van der Waals surface area contributed by atoms with Gasteiger partial charge in [-0.1, -0.05) is 0 Å². The van der Waals surface area contributed by atoms with Crippen molar-refractivity contribution in [2.75, 3.05) is 25.1 Å². The van der Waals surface area contributed by atoms with Gasteiger partial charge in [0.2, 0.25) is 11.7 Å². The smallest absolute Gasteiger partial charge is 0.304 e. The molecule has 2 rings (SSSR count). The van der Waals surface area contributed by atoms with Crippen molar-refractivity contribution in [3.05, 3.63) is 34.1 Å². The summed E-state index contributed by atoms with van der Waals surface area (Å²) in [5.41, 5.74) is -0.430. The number of halogens is 1. The molecule has 108 valence electrons. The van der Waals surface area contributed by atoms with E-state index in [0.29, 0.717) is 19.8 Å². The zero-order chi connectivity index (χ0) is 14.5. The molecule has 8 heteroatoms. The second-order valence-corrected chi connectivity index (χ2v) is 4.40. The van der Waals surface area contributed by atoms with Crippen molar-refractivity contribution >= 4 is 17.3 Å². The Bertz CT molecular complexity index is 517. The minimum absolute atomic E-state index is 0.0772. The molecule has 1 unspecified atom stereocenters. The number of hydrogen-bond acceptors (Lipinski definition) is 5. The van der Waals surface area contributed by atoms with Crippen LogP contribution in [0.15, 0.2) is 18.2 Å². The zero-order valence-electron chi connectivity index (χ0n) is 10.6. The number of nitro groups is 1. The van der Waals surface area contributed by atoms with Gasteiger partial charge in [0.15, 0.2) is 0 Å². The number of ether oxygens (including phenoxy) is 1. The van der Waals surface area contributed by atoms with Crippen LogP contribution in [0.3, 0.4) is 0 Å². The Morgan fingerprint density at radius 2 is 2.40 bits per heavy atom. The predicted molar refractivity (Wildman–Crippen MR) is 68.9 cm³/mol. The molecule has 20 heavy (non-hydrogen) atoms. The van der Waals surface area contributed by atoms with Gasteiger partial charge in [-0.05, 0) is 6.07 Å². The molecule has 1 heterocycles. The van der Waals surface area contributed by atoms with E-state index in [1.807, 2.05) is 0 Å². The third-order valence-corrected chi connectivity index (χ3v) is 2.86. The second-order valence-electron chi connectivity index (χ2n) is 4.40. The number of carbonyl (C=O) groups is 1. The summed E-state index contributed by atoms with van der Waals surface area (Å²) < 4.78 is 18.6. The molecule has 0 radical (unpaired) electrons. The number of nitrogens with zero attached hydrogens (tertiary/aromatic N) is 1. The minimum atomic E-state index is -0.980. The van der Waals surface area contributed by atoms with Crippen LogP contribution in [0.1, 0.15) is 6.42 Å². The monoisotopic (exact) mass is 283 g/mol. The summed E-state index contributed by atoms with van der Waals surface area (Å²) in [6, 6.07) is 3.17. The number of amides is 1. The third-order valence-electron chi connectivity index (χ3n) is 2.86. The first-order chi connectivity index (χ1) is 9.56. The van der Waals surface area contributed by atoms with Crippen molar-refractivity contribution in [2.45, 2.75) is 12.5 Å². The Labute approximate surface area is 114 Å². The summed E-state index contributed by atoms with van der Waals surface area (Å²) in [6.45, 7) is 1.75. The van der Waals surface area contributed by atoms with Crippen LogP contribution in [0.4, 0.5) is 15.8 Å². The van der Waals surface area contributed by atoms with Gasteiger partial charge in [-0.15, -0.1) is 0 Å². The number of nitro benzene ring substituents is 1. The highest BCUT2D eigenvalue weighted by Gasteiger charge is 2.18. The molecule has 1 amide bonds. The predicted octanol–water partition coefficient (Wildman–Crippen LogP) is 1.05. The molecule has 0 bridgehead atoms. The Morgan fingerprint density at radius 3 is 3.00 bits per heavy atom. The van der Waals surface area contributed by atoms with Crippen LogP contribution in [0, 0.1) is 15.9 Å². The third kappa shape index (κ3) is 3.72. The Hall–Kier alpha value is -2.06. The van der Waals surface area contributed by atoms with Crippen molar-refractivity contribution in [3.8, 4) is 0 Å². The lowest BCUT2D eigenvalue weighted by molar-refractivity contribution is -0.387. The van der Waals surface area contributed by atoms with Crippen LogP contribution in [-0.2, 0) is 9.53 Å². The number of morpholine rings is 1. The van der Waals surface area contributed by atoms with Gasteiger partial charge in [0.1, 0.15) is 0 Å². The van der Waals surface area contributed by atoms with Crippen LogP contribution in [0.25, 0.3) is 0 Å². The number of rotatable bonds is 4. The normalized spacial score (nSPS) is 18.6. The fourth-order valence-corrected chi connectivity index (χ4v) is 1.92. The van der Waals surface area contributed by atoms with E-state index in [0.717, 1.165) is 12.1 Å². The zero-order valence-corrected chi connectivity index (χ0v) is 10.6. The number of benzene rings is 1. The van der Waals surface area contributed by atoms with Crippen LogP contribution in [0.5, 0.6) is 0 Å². The maximum Gasteiger partial charge on any atom is 0.304 e. The van der Waals surface area contributed by atoms with Gasteiger partial charge in [0, 0.05) is 36.8 Å². The minimum Gasteiger partial charge on any atom is -0.378 e. The fourth-order valence-electron chi connectivity index (χ4n) is 1.92. The molecule has 0 aliphatic carbocycles. The van der Waals surface area contributed by atoms with E-state index in [-0.39, 0.29) is 24.1 Å². The number of carbonyl (C=O) groups excluding carboxylic acids is 1. The lowest BCUT2D eigenvalue weighted by Gasteiger charge is -2.23. The second kappa shape index (κ2) is 6.40. The maximum absolute atomic E-state index is 13.4. The molecule has 2 N–H and O–H groups in total. The van der Waals surface area contributed by atoms with E-state index in [2.05, 4.69) is 10.6 Å². The van der Waals surface area contributed by atoms with Gasteiger partial charge in [0.05, 0.1) is 18.1 Å². The Kier molecular flexibility index (Phi) is 4.59. The van der Waals surface area contributed by atoms with Crippen molar-refractivity contribution < 1.29 is 18.8 Å². The Balaban J connectivity index is 1.93. The molecule has 1 atom stereocenters. The summed E-state index contributed by atoms with van der Waals surface area (Å²) in [5, 5.41) is 16.1. The van der Waals surface area contributed by atoms with E-state index < -0.39 is 16.4 Å². The van der Waals surface area contributed by atoms with Crippen molar-refractivity contribution in [1.82, 2.24) is 5.32 Å². The number of anilines is 1. The molecule has 7 nitrogen and oxygen atoms in total. The van der Waals surface area contributed by atoms with Crippen LogP contribution in [0.2, 0.25) is 0 Å². The highest BCUT2D eigenvalue weighted by atomic mass is 19.1. The average Bonchev–Trinajstić information content (AvgIpc) is 2.39. The Morgan fingerprint density at radius 1 is 1.60 bits per heavy atom. The van der Waals surface area contributed by atoms with Gasteiger partial charge in [-0.2, -0.15) is 4.39 Å². The maximum atomic E-state index is 13.4. The molecule has 1 aromatic carbocycles. The van der Waals surface area contributed by atoms with E-state index >= 15 is 0 Å². The summed E-state index contributed by atoms with van der Waals surface area (Å²) in [5.74, 6) is -1.28. The molecule has 1 saturated heterocycles.